The van der Waals surface area contributed by atoms with Crippen molar-refractivity contribution in [2.45, 2.75) is 51.0 Å². The highest BCUT2D eigenvalue weighted by Gasteiger charge is 2.37. The SMILES string of the molecule is CCC1(Oc2cc(C(=O)OCCS(=O)(=O)O)ccc2OC(F)(F)F)CCCC1. The summed E-state index contributed by atoms with van der Waals surface area (Å²) < 4.78 is 82.7. The Morgan fingerprint density at radius 3 is 2.39 bits per heavy atom. The number of rotatable bonds is 8. The topological polar surface area (TPSA) is 99.1 Å². The maximum absolute atomic E-state index is 12.7. The zero-order chi connectivity index (χ0) is 21.0. The highest BCUT2D eigenvalue weighted by atomic mass is 32.2. The lowest BCUT2D eigenvalue weighted by Gasteiger charge is -2.30. The molecule has 1 aromatic carbocycles. The minimum Gasteiger partial charge on any atom is -0.483 e. The van der Waals surface area contributed by atoms with Gasteiger partial charge in [0, 0.05) is 0 Å². The average molecular weight is 426 g/mol. The van der Waals surface area contributed by atoms with Crippen molar-refractivity contribution in [3.05, 3.63) is 23.8 Å². The first-order valence-electron chi connectivity index (χ1n) is 8.64. The van der Waals surface area contributed by atoms with Gasteiger partial charge in [-0.3, -0.25) is 4.55 Å². The molecule has 0 atom stereocenters. The Morgan fingerprint density at radius 1 is 1.21 bits per heavy atom. The summed E-state index contributed by atoms with van der Waals surface area (Å²) >= 11 is 0. The third kappa shape index (κ3) is 6.55. The van der Waals surface area contributed by atoms with Crippen molar-refractivity contribution in [1.29, 1.82) is 0 Å². The molecule has 7 nitrogen and oxygen atoms in total. The summed E-state index contributed by atoms with van der Waals surface area (Å²) in [6, 6.07) is 3.07. The molecule has 0 aliphatic heterocycles. The lowest BCUT2D eigenvalue weighted by molar-refractivity contribution is -0.275. The molecule has 1 aliphatic carbocycles. The standard InChI is InChI=1S/C17H21F3O7S/c1-2-16(7-3-4-8-16)26-14-11-12(5-6-13(14)27-17(18,19)20)15(21)25-9-10-28(22,23)24/h5-6,11H,2-4,7-10H2,1H3,(H,22,23,24). The summed E-state index contributed by atoms with van der Waals surface area (Å²) in [6.45, 7) is 1.26. The van der Waals surface area contributed by atoms with Gasteiger partial charge in [-0.05, 0) is 50.3 Å². The lowest BCUT2D eigenvalue weighted by atomic mass is 9.98. The number of carbonyl (C=O) groups excluding carboxylic acids is 1. The normalized spacial score (nSPS) is 16.6. The van der Waals surface area contributed by atoms with Crippen LogP contribution in [0, 0.1) is 0 Å². The highest BCUT2D eigenvalue weighted by Crippen LogP contribution is 2.41. The van der Waals surface area contributed by atoms with Gasteiger partial charge in [-0.25, -0.2) is 4.79 Å². The minimum absolute atomic E-state index is 0.135. The highest BCUT2D eigenvalue weighted by molar-refractivity contribution is 7.85. The monoisotopic (exact) mass is 426 g/mol. The molecule has 0 aromatic heterocycles. The van der Waals surface area contributed by atoms with Gasteiger partial charge in [-0.1, -0.05) is 6.92 Å². The van der Waals surface area contributed by atoms with Gasteiger partial charge in [0.15, 0.2) is 11.5 Å². The van der Waals surface area contributed by atoms with E-state index in [9.17, 15) is 26.4 Å². The zero-order valence-corrected chi connectivity index (χ0v) is 15.9. The van der Waals surface area contributed by atoms with Crippen LogP contribution in [-0.4, -0.2) is 43.3 Å². The van der Waals surface area contributed by atoms with Crippen molar-refractivity contribution >= 4 is 16.1 Å². The van der Waals surface area contributed by atoms with E-state index in [1.165, 1.54) is 0 Å². The molecule has 0 saturated heterocycles. The third-order valence-corrected chi connectivity index (χ3v) is 5.15. The van der Waals surface area contributed by atoms with E-state index < -0.39 is 46.2 Å². The molecular weight excluding hydrogens is 405 g/mol. The molecule has 0 bridgehead atoms. The molecule has 28 heavy (non-hydrogen) atoms. The summed E-state index contributed by atoms with van der Waals surface area (Å²) in [7, 11) is -4.31. The van der Waals surface area contributed by atoms with E-state index in [2.05, 4.69) is 4.74 Å². The van der Waals surface area contributed by atoms with Crippen LogP contribution in [0.2, 0.25) is 0 Å². The van der Waals surface area contributed by atoms with Crippen LogP contribution in [0.3, 0.4) is 0 Å². The van der Waals surface area contributed by atoms with E-state index >= 15 is 0 Å². The van der Waals surface area contributed by atoms with Gasteiger partial charge < -0.3 is 14.2 Å². The van der Waals surface area contributed by atoms with Crippen molar-refractivity contribution in [3.63, 3.8) is 0 Å². The van der Waals surface area contributed by atoms with Crippen molar-refractivity contribution in [2.24, 2.45) is 0 Å². The number of benzene rings is 1. The lowest BCUT2D eigenvalue weighted by Crippen LogP contribution is -2.32. The number of carbonyl (C=O) groups is 1. The Hall–Kier alpha value is -2.01. The molecule has 0 unspecified atom stereocenters. The minimum atomic E-state index is -4.94. The van der Waals surface area contributed by atoms with E-state index in [1.54, 1.807) is 0 Å². The fraction of sp³-hybridized carbons (Fsp3) is 0.588. The molecule has 11 heteroatoms. The van der Waals surface area contributed by atoms with Gasteiger partial charge in [0.1, 0.15) is 18.0 Å². The summed E-state index contributed by atoms with van der Waals surface area (Å²) in [5, 5.41) is 0. The predicted octanol–water partition coefficient (Wildman–Crippen LogP) is 3.73. The van der Waals surface area contributed by atoms with Gasteiger partial charge in [0.2, 0.25) is 0 Å². The van der Waals surface area contributed by atoms with E-state index in [0.717, 1.165) is 31.0 Å². The average Bonchev–Trinajstić information content (AvgIpc) is 3.03. The number of hydrogen-bond acceptors (Lipinski definition) is 6. The van der Waals surface area contributed by atoms with Crippen LogP contribution in [-0.2, 0) is 14.9 Å². The Kier molecular flexibility index (Phi) is 6.81. The second-order valence-electron chi connectivity index (χ2n) is 6.48. The summed E-state index contributed by atoms with van der Waals surface area (Å²) in [5.74, 6) is -2.59. The first-order chi connectivity index (χ1) is 12.9. The molecule has 1 N–H and O–H groups in total. The Labute approximate surface area is 160 Å². The Morgan fingerprint density at radius 2 is 1.86 bits per heavy atom. The van der Waals surface area contributed by atoms with Crippen LogP contribution < -0.4 is 9.47 Å². The number of alkyl halides is 3. The Bertz CT molecular complexity index is 799. The molecule has 158 valence electrons. The largest absolute Gasteiger partial charge is 0.573 e. The van der Waals surface area contributed by atoms with Crippen LogP contribution in [0.15, 0.2) is 18.2 Å². The van der Waals surface area contributed by atoms with Crippen molar-refractivity contribution in [1.82, 2.24) is 0 Å². The van der Waals surface area contributed by atoms with E-state index in [0.29, 0.717) is 19.3 Å². The number of ether oxygens (including phenoxy) is 3. The van der Waals surface area contributed by atoms with Gasteiger partial charge in [0.25, 0.3) is 10.1 Å². The molecule has 0 amide bonds. The third-order valence-electron chi connectivity index (χ3n) is 4.47. The van der Waals surface area contributed by atoms with Crippen molar-refractivity contribution in [3.8, 4) is 11.5 Å². The maximum atomic E-state index is 12.7. The first kappa shape index (κ1) is 22.3. The van der Waals surface area contributed by atoms with Gasteiger partial charge in [-0.15, -0.1) is 13.2 Å². The van der Waals surface area contributed by atoms with Crippen molar-refractivity contribution < 1.29 is 45.1 Å². The second-order valence-corrected chi connectivity index (χ2v) is 8.05. The van der Waals surface area contributed by atoms with Crippen LogP contribution in [0.1, 0.15) is 49.4 Å². The van der Waals surface area contributed by atoms with Crippen LogP contribution in [0.25, 0.3) is 0 Å². The second kappa shape index (κ2) is 8.56. The Balaban J connectivity index is 2.25. The summed E-state index contributed by atoms with van der Waals surface area (Å²) in [5.41, 5.74) is -0.777. The molecule has 1 fully saturated rings. The number of esters is 1. The molecule has 0 heterocycles. The summed E-state index contributed by atoms with van der Waals surface area (Å²) in [4.78, 5) is 12.0. The molecular formula is C17H21F3O7S. The van der Waals surface area contributed by atoms with E-state index in [-0.39, 0.29) is 11.3 Å². The van der Waals surface area contributed by atoms with Crippen LogP contribution >= 0.6 is 0 Å². The van der Waals surface area contributed by atoms with Crippen LogP contribution in [0.4, 0.5) is 13.2 Å². The fourth-order valence-corrected chi connectivity index (χ4v) is 3.32. The molecule has 0 radical (unpaired) electrons. The van der Waals surface area contributed by atoms with Crippen LogP contribution in [0.5, 0.6) is 11.5 Å². The van der Waals surface area contributed by atoms with Gasteiger partial charge >= 0.3 is 12.3 Å². The molecule has 1 aliphatic rings. The number of halogens is 3. The quantitative estimate of drug-likeness (QED) is 0.499. The van der Waals surface area contributed by atoms with Gasteiger partial charge in [0.05, 0.1) is 5.56 Å². The zero-order valence-electron chi connectivity index (χ0n) is 15.1. The van der Waals surface area contributed by atoms with Gasteiger partial charge in [-0.2, -0.15) is 8.42 Å². The van der Waals surface area contributed by atoms with E-state index in [4.69, 9.17) is 14.0 Å². The molecule has 0 spiro atoms. The smallest absolute Gasteiger partial charge is 0.483 e. The first-order valence-corrected chi connectivity index (χ1v) is 10.2. The molecule has 1 aromatic rings. The van der Waals surface area contributed by atoms with E-state index in [1.807, 2.05) is 6.92 Å². The van der Waals surface area contributed by atoms with Crippen molar-refractivity contribution in [2.75, 3.05) is 12.4 Å². The maximum Gasteiger partial charge on any atom is 0.573 e. The predicted molar refractivity (Wildman–Crippen MR) is 91.9 cm³/mol. The molecule has 1 saturated carbocycles. The summed E-state index contributed by atoms with van der Waals surface area (Å²) in [6.07, 6.45) is -1.29. The fourth-order valence-electron chi connectivity index (χ4n) is 3.03. The molecule has 2 rings (SSSR count). The number of hydrogen-bond donors (Lipinski definition) is 1.